The van der Waals surface area contributed by atoms with E-state index in [0.29, 0.717) is 30.1 Å². The standard InChI is InChI=1S/C17H12ClIN2O3S/c1-24-13-7-9(6-11(19)15(13)22)8-14-16(23)21-17(25-14)20-12-5-3-2-4-10(12)18/h2-8,22H,1H3,(H,20,21,23)/b14-8-. The molecule has 8 heteroatoms. The van der Waals surface area contributed by atoms with Crippen LogP contribution in [0.1, 0.15) is 5.56 Å². The van der Waals surface area contributed by atoms with E-state index in [1.54, 1.807) is 30.3 Å². The molecule has 0 aliphatic carbocycles. The lowest BCUT2D eigenvalue weighted by Gasteiger charge is -2.06. The summed E-state index contributed by atoms with van der Waals surface area (Å²) in [6.45, 7) is 0. The largest absolute Gasteiger partial charge is 0.504 e. The van der Waals surface area contributed by atoms with Gasteiger partial charge in [-0.15, -0.1) is 0 Å². The molecule has 0 radical (unpaired) electrons. The number of para-hydroxylation sites is 1. The van der Waals surface area contributed by atoms with E-state index in [9.17, 15) is 9.90 Å². The molecular weight excluding hydrogens is 475 g/mol. The Morgan fingerprint density at radius 2 is 2.12 bits per heavy atom. The van der Waals surface area contributed by atoms with Crippen LogP contribution in [0.2, 0.25) is 5.02 Å². The lowest BCUT2D eigenvalue weighted by atomic mass is 10.2. The van der Waals surface area contributed by atoms with Crippen LogP contribution in [-0.4, -0.2) is 23.3 Å². The van der Waals surface area contributed by atoms with Crippen LogP contribution in [0.15, 0.2) is 46.3 Å². The number of hydrogen-bond acceptors (Lipinski definition) is 5. The van der Waals surface area contributed by atoms with Gasteiger partial charge < -0.3 is 15.2 Å². The van der Waals surface area contributed by atoms with Crippen molar-refractivity contribution < 1.29 is 14.6 Å². The van der Waals surface area contributed by atoms with Gasteiger partial charge in [0.15, 0.2) is 16.7 Å². The number of benzene rings is 2. The molecule has 0 aromatic heterocycles. The Labute approximate surface area is 167 Å². The first kappa shape index (κ1) is 18.1. The van der Waals surface area contributed by atoms with Gasteiger partial charge in [-0.05, 0) is 70.3 Å². The van der Waals surface area contributed by atoms with Gasteiger partial charge in [0.1, 0.15) is 0 Å². The number of amidine groups is 1. The van der Waals surface area contributed by atoms with Crippen molar-refractivity contribution in [2.24, 2.45) is 4.99 Å². The Morgan fingerprint density at radius 1 is 1.36 bits per heavy atom. The molecule has 1 saturated heterocycles. The molecule has 25 heavy (non-hydrogen) atoms. The fourth-order valence-corrected chi connectivity index (χ4v) is 3.75. The smallest absolute Gasteiger partial charge is 0.264 e. The molecule has 1 fully saturated rings. The fourth-order valence-electron chi connectivity index (χ4n) is 2.12. The van der Waals surface area contributed by atoms with E-state index in [1.807, 2.05) is 34.7 Å². The van der Waals surface area contributed by atoms with Crippen molar-refractivity contribution in [1.29, 1.82) is 0 Å². The van der Waals surface area contributed by atoms with Gasteiger partial charge in [-0.2, -0.15) is 0 Å². The summed E-state index contributed by atoms with van der Waals surface area (Å²) in [6, 6.07) is 10.6. The number of carbonyl (C=O) groups is 1. The summed E-state index contributed by atoms with van der Waals surface area (Å²) in [5.41, 5.74) is 1.34. The second-order valence-electron chi connectivity index (χ2n) is 4.99. The number of phenols is 1. The monoisotopic (exact) mass is 486 g/mol. The zero-order chi connectivity index (χ0) is 18.0. The highest BCUT2D eigenvalue weighted by atomic mass is 127. The molecule has 0 spiro atoms. The fraction of sp³-hybridized carbons (Fsp3) is 0.0588. The number of ether oxygens (including phenoxy) is 1. The van der Waals surface area contributed by atoms with Gasteiger partial charge in [-0.1, -0.05) is 23.7 Å². The number of rotatable bonds is 3. The minimum atomic E-state index is -0.238. The van der Waals surface area contributed by atoms with E-state index in [1.165, 1.54) is 18.9 Å². The van der Waals surface area contributed by atoms with Crippen molar-refractivity contribution in [3.8, 4) is 11.5 Å². The van der Waals surface area contributed by atoms with E-state index in [2.05, 4.69) is 10.3 Å². The number of nitrogens with one attached hydrogen (secondary N) is 1. The Hall–Kier alpha value is -1.71. The third-order valence-corrected chi connectivity index (χ3v) is 5.35. The molecule has 0 unspecified atom stereocenters. The molecule has 0 atom stereocenters. The highest BCUT2D eigenvalue weighted by Gasteiger charge is 2.24. The molecule has 1 aliphatic rings. The van der Waals surface area contributed by atoms with Crippen molar-refractivity contribution in [3.05, 3.63) is 55.5 Å². The summed E-state index contributed by atoms with van der Waals surface area (Å²) in [6.07, 6.45) is 1.72. The SMILES string of the molecule is COc1cc(/C=C2\SC(=Nc3ccccc3Cl)NC2=O)cc(I)c1O. The molecule has 1 aliphatic heterocycles. The predicted octanol–water partition coefficient (Wildman–Crippen LogP) is 4.55. The van der Waals surface area contributed by atoms with Crippen molar-refractivity contribution >= 4 is 68.8 Å². The van der Waals surface area contributed by atoms with E-state index < -0.39 is 0 Å². The molecule has 1 heterocycles. The maximum atomic E-state index is 12.2. The minimum absolute atomic E-state index is 0.0785. The van der Waals surface area contributed by atoms with Crippen LogP contribution >= 0.6 is 46.0 Å². The maximum absolute atomic E-state index is 12.2. The molecule has 3 rings (SSSR count). The number of aliphatic imine (C=N–C) groups is 1. The third kappa shape index (κ3) is 4.10. The first-order valence-corrected chi connectivity index (χ1v) is 9.36. The highest BCUT2D eigenvalue weighted by molar-refractivity contribution is 14.1. The number of carbonyl (C=O) groups excluding carboxylic acids is 1. The Kier molecular flexibility index (Phi) is 5.55. The van der Waals surface area contributed by atoms with Crippen LogP contribution in [0, 0.1) is 3.57 Å². The molecule has 5 nitrogen and oxygen atoms in total. The first-order chi connectivity index (χ1) is 12.0. The summed E-state index contributed by atoms with van der Waals surface area (Å²) in [4.78, 5) is 17.0. The summed E-state index contributed by atoms with van der Waals surface area (Å²) < 4.78 is 5.78. The van der Waals surface area contributed by atoms with Gasteiger partial charge in [0.2, 0.25) is 0 Å². The Morgan fingerprint density at radius 3 is 2.84 bits per heavy atom. The zero-order valence-electron chi connectivity index (χ0n) is 12.9. The normalized spacial score (nSPS) is 17.2. The Balaban J connectivity index is 1.90. The summed E-state index contributed by atoms with van der Waals surface area (Å²) in [5, 5.41) is 13.6. The summed E-state index contributed by atoms with van der Waals surface area (Å²) in [5.74, 6) is 0.194. The second kappa shape index (κ2) is 7.67. The molecule has 2 aromatic carbocycles. The van der Waals surface area contributed by atoms with Crippen molar-refractivity contribution in [2.75, 3.05) is 7.11 Å². The van der Waals surface area contributed by atoms with Crippen molar-refractivity contribution in [3.63, 3.8) is 0 Å². The van der Waals surface area contributed by atoms with Crippen LogP contribution in [0.25, 0.3) is 6.08 Å². The van der Waals surface area contributed by atoms with Gasteiger partial charge in [-0.25, -0.2) is 4.99 Å². The third-order valence-electron chi connectivity index (χ3n) is 3.29. The van der Waals surface area contributed by atoms with E-state index >= 15 is 0 Å². The maximum Gasteiger partial charge on any atom is 0.264 e. The van der Waals surface area contributed by atoms with Crippen LogP contribution in [0.4, 0.5) is 5.69 Å². The highest BCUT2D eigenvalue weighted by Crippen LogP contribution is 2.35. The molecular formula is C17H12ClIN2O3S. The van der Waals surface area contributed by atoms with Gasteiger partial charge in [0.25, 0.3) is 5.91 Å². The molecule has 2 aromatic rings. The van der Waals surface area contributed by atoms with Gasteiger partial charge >= 0.3 is 0 Å². The molecule has 0 bridgehead atoms. The second-order valence-corrected chi connectivity index (χ2v) is 7.59. The van der Waals surface area contributed by atoms with E-state index in [-0.39, 0.29) is 11.7 Å². The van der Waals surface area contributed by atoms with Crippen LogP contribution in [-0.2, 0) is 4.79 Å². The van der Waals surface area contributed by atoms with Crippen molar-refractivity contribution in [2.45, 2.75) is 0 Å². The van der Waals surface area contributed by atoms with Crippen LogP contribution < -0.4 is 10.1 Å². The summed E-state index contributed by atoms with van der Waals surface area (Å²) in [7, 11) is 1.48. The number of halogens is 2. The lowest BCUT2D eigenvalue weighted by Crippen LogP contribution is -2.19. The zero-order valence-corrected chi connectivity index (χ0v) is 16.6. The summed E-state index contributed by atoms with van der Waals surface area (Å²) >= 11 is 9.32. The number of amides is 1. The average molecular weight is 487 g/mol. The first-order valence-electron chi connectivity index (χ1n) is 7.08. The van der Waals surface area contributed by atoms with Crippen LogP contribution in [0.5, 0.6) is 11.5 Å². The van der Waals surface area contributed by atoms with Gasteiger partial charge in [-0.3, -0.25) is 4.79 Å². The predicted molar refractivity (Wildman–Crippen MR) is 110 cm³/mol. The topological polar surface area (TPSA) is 70.9 Å². The van der Waals surface area contributed by atoms with Crippen LogP contribution in [0.3, 0.4) is 0 Å². The number of hydrogen-bond donors (Lipinski definition) is 2. The van der Waals surface area contributed by atoms with E-state index in [4.69, 9.17) is 16.3 Å². The molecule has 1 amide bonds. The van der Waals surface area contributed by atoms with Gasteiger partial charge in [0.05, 0.1) is 26.3 Å². The number of thioether (sulfide) groups is 1. The van der Waals surface area contributed by atoms with Gasteiger partial charge in [0, 0.05) is 0 Å². The quantitative estimate of drug-likeness (QED) is 0.493. The number of nitrogens with zero attached hydrogens (tertiary/aromatic N) is 1. The average Bonchev–Trinajstić information content (AvgIpc) is 2.92. The lowest BCUT2D eigenvalue weighted by molar-refractivity contribution is -0.115. The molecule has 2 N–H and O–H groups in total. The minimum Gasteiger partial charge on any atom is -0.504 e. The van der Waals surface area contributed by atoms with E-state index in [0.717, 1.165) is 5.56 Å². The molecule has 128 valence electrons. The number of aromatic hydroxyl groups is 1. The molecule has 0 saturated carbocycles. The Bertz CT molecular complexity index is 915. The van der Waals surface area contributed by atoms with Crippen molar-refractivity contribution in [1.82, 2.24) is 5.32 Å². The number of phenolic OH excluding ortho intramolecular Hbond substituents is 1. The number of methoxy groups -OCH3 is 1.